The van der Waals surface area contributed by atoms with Crippen molar-refractivity contribution in [1.82, 2.24) is 0 Å². The summed E-state index contributed by atoms with van der Waals surface area (Å²) in [5.41, 5.74) is 0.841. The molecule has 0 saturated carbocycles. The minimum Gasteiger partial charge on any atom is -0.507 e. The number of anilines is 1. The van der Waals surface area contributed by atoms with Crippen molar-refractivity contribution >= 4 is 23.1 Å². The van der Waals surface area contributed by atoms with Crippen LogP contribution < -0.4 is 4.90 Å². The molecule has 5 heteroatoms. The Labute approximate surface area is 161 Å². The molecule has 0 unspecified atom stereocenters. The number of carbonyl (C=O) groups is 2. The second-order valence-corrected chi connectivity index (χ2v) is 6.39. The Bertz CT molecular complexity index is 1080. The first-order valence-electron chi connectivity index (χ1n) is 8.75. The number of benzene rings is 3. The highest BCUT2D eigenvalue weighted by Gasteiger charge is 2.47. The third-order valence-corrected chi connectivity index (χ3v) is 4.73. The quantitative estimate of drug-likeness (QED) is 0.419. The van der Waals surface area contributed by atoms with Crippen LogP contribution in [0.3, 0.4) is 0 Å². The second kappa shape index (κ2) is 7.12. The van der Waals surface area contributed by atoms with Crippen molar-refractivity contribution in [2.75, 3.05) is 4.90 Å². The molecule has 0 aliphatic carbocycles. The van der Waals surface area contributed by atoms with Crippen LogP contribution in [0.4, 0.5) is 10.1 Å². The Hall–Kier alpha value is -3.73. The molecule has 1 N–H and O–H groups in total. The largest absolute Gasteiger partial charge is 0.507 e. The van der Waals surface area contributed by atoms with Crippen molar-refractivity contribution in [3.8, 4) is 0 Å². The van der Waals surface area contributed by atoms with E-state index in [0.717, 1.165) is 0 Å². The van der Waals surface area contributed by atoms with Crippen molar-refractivity contribution < 1.29 is 19.1 Å². The summed E-state index contributed by atoms with van der Waals surface area (Å²) in [5, 5.41) is 10.9. The molecule has 3 aromatic rings. The van der Waals surface area contributed by atoms with Gasteiger partial charge in [0.25, 0.3) is 11.7 Å². The predicted molar refractivity (Wildman–Crippen MR) is 104 cm³/mol. The smallest absolute Gasteiger partial charge is 0.300 e. The number of amides is 1. The molecule has 0 radical (unpaired) electrons. The molecule has 4 rings (SSSR count). The zero-order chi connectivity index (χ0) is 19.7. The molecule has 1 amide bonds. The van der Waals surface area contributed by atoms with E-state index >= 15 is 0 Å². The first-order chi connectivity index (χ1) is 13.6. The summed E-state index contributed by atoms with van der Waals surface area (Å²) in [5.74, 6) is -2.55. The molecule has 28 heavy (non-hydrogen) atoms. The molecular formula is C23H16FNO3. The number of nitrogens with zero attached hydrogens (tertiary/aromatic N) is 1. The minimum atomic E-state index is -1.07. The Morgan fingerprint density at radius 1 is 0.821 bits per heavy atom. The van der Waals surface area contributed by atoms with Crippen LogP contribution in [0, 0.1) is 5.82 Å². The third-order valence-electron chi connectivity index (χ3n) is 4.73. The molecule has 1 atom stereocenters. The van der Waals surface area contributed by atoms with Gasteiger partial charge in [0.1, 0.15) is 11.6 Å². The number of rotatable bonds is 3. The standard InChI is InChI=1S/C23H16FNO3/c24-18-14-8-7-13-17(18)20-19(21(26)15-9-3-1-4-10-15)22(27)23(28)25(20)16-11-5-2-6-12-16/h1-14,20,26H/t20-/m0/s1. The number of hydrogen-bond acceptors (Lipinski definition) is 3. The Morgan fingerprint density at radius 2 is 1.39 bits per heavy atom. The normalized spacial score (nSPS) is 18.5. The van der Waals surface area contributed by atoms with Crippen LogP contribution >= 0.6 is 0 Å². The lowest BCUT2D eigenvalue weighted by Gasteiger charge is -2.25. The SMILES string of the molecule is O=C1C(=O)N(c2ccccc2)[C@@H](c2ccccc2F)C1=C(O)c1ccccc1. The van der Waals surface area contributed by atoms with E-state index in [9.17, 15) is 19.1 Å². The number of Topliss-reactive ketones (excluding diaryl/α,β-unsaturated/α-hetero) is 1. The molecule has 1 fully saturated rings. The van der Waals surface area contributed by atoms with E-state index in [-0.39, 0.29) is 16.9 Å². The van der Waals surface area contributed by atoms with Crippen molar-refractivity contribution in [3.05, 3.63) is 107 Å². The van der Waals surface area contributed by atoms with Gasteiger partial charge in [0.2, 0.25) is 0 Å². The molecule has 138 valence electrons. The summed E-state index contributed by atoms with van der Waals surface area (Å²) in [7, 11) is 0. The minimum absolute atomic E-state index is 0.134. The average Bonchev–Trinajstić information content (AvgIpc) is 3.00. The summed E-state index contributed by atoms with van der Waals surface area (Å²) in [6.07, 6.45) is 0. The molecule has 1 aliphatic heterocycles. The van der Waals surface area contributed by atoms with E-state index in [1.807, 2.05) is 0 Å². The molecule has 0 spiro atoms. The zero-order valence-electron chi connectivity index (χ0n) is 14.7. The maximum absolute atomic E-state index is 14.7. The van der Waals surface area contributed by atoms with Crippen LogP contribution in [-0.4, -0.2) is 16.8 Å². The van der Waals surface area contributed by atoms with Gasteiger partial charge in [-0.1, -0.05) is 66.7 Å². The van der Waals surface area contributed by atoms with Crippen LogP contribution in [0.2, 0.25) is 0 Å². The Morgan fingerprint density at radius 3 is 2.04 bits per heavy atom. The van der Waals surface area contributed by atoms with E-state index in [0.29, 0.717) is 11.3 Å². The maximum Gasteiger partial charge on any atom is 0.300 e. The van der Waals surface area contributed by atoms with Crippen LogP contribution in [0.1, 0.15) is 17.2 Å². The lowest BCUT2D eigenvalue weighted by molar-refractivity contribution is -0.132. The van der Waals surface area contributed by atoms with Gasteiger partial charge in [-0.05, 0) is 18.2 Å². The highest BCUT2D eigenvalue weighted by molar-refractivity contribution is 6.51. The van der Waals surface area contributed by atoms with E-state index in [1.54, 1.807) is 66.7 Å². The first kappa shape index (κ1) is 17.7. The molecule has 1 heterocycles. The fourth-order valence-electron chi connectivity index (χ4n) is 3.43. The van der Waals surface area contributed by atoms with E-state index in [1.165, 1.54) is 23.1 Å². The van der Waals surface area contributed by atoms with Crippen LogP contribution in [0.15, 0.2) is 90.5 Å². The number of ketones is 1. The number of aliphatic hydroxyl groups excluding tert-OH is 1. The molecular weight excluding hydrogens is 357 g/mol. The monoisotopic (exact) mass is 373 g/mol. The third kappa shape index (κ3) is 2.87. The van der Waals surface area contributed by atoms with Gasteiger partial charge >= 0.3 is 0 Å². The number of para-hydroxylation sites is 1. The summed E-state index contributed by atoms with van der Waals surface area (Å²) in [4.78, 5) is 27.0. The highest BCUT2D eigenvalue weighted by Crippen LogP contribution is 2.42. The first-order valence-corrected chi connectivity index (χ1v) is 8.75. The fraction of sp³-hybridized carbons (Fsp3) is 0.0435. The van der Waals surface area contributed by atoms with Crippen molar-refractivity contribution in [2.45, 2.75) is 6.04 Å². The maximum atomic E-state index is 14.7. The molecule has 1 aliphatic rings. The van der Waals surface area contributed by atoms with E-state index in [2.05, 4.69) is 0 Å². The van der Waals surface area contributed by atoms with Gasteiger partial charge in [0.15, 0.2) is 0 Å². The lowest BCUT2D eigenvalue weighted by atomic mass is 9.95. The summed E-state index contributed by atoms with van der Waals surface area (Å²) >= 11 is 0. The van der Waals surface area contributed by atoms with Crippen LogP contribution in [-0.2, 0) is 9.59 Å². The van der Waals surface area contributed by atoms with Crippen LogP contribution in [0.25, 0.3) is 5.76 Å². The molecule has 0 bridgehead atoms. The summed E-state index contributed by atoms with van der Waals surface area (Å²) in [6, 6.07) is 21.9. The number of halogens is 1. The topological polar surface area (TPSA) is 57.6 Å². The summed E-state index contributed by atoms with van der Waals surface area (Å²) < 4.78 is 14.7. The Kier molecular flexibility index (Phi) is 4.49. The van der Waals surface area contributed by atoms with Crippen molar-refractivity contribution in [2.24, 2.45) is 0 Å². The van der Waals surface area contributed by atoms with Gasteiger partial charge in [-0.3, -0.25) is 14.5 Å². The van der Waals surface area contributed by atoms with Crippen molar-refractivity contribution in [3.63, 3.8) is 0 Å². The van der Waals surface area contributed by atoms with Gasteiger partial charge in [0, 0.05) is 16.8 Å². The summed E-state index contributed by atoms with van der Waals surface area (Å²) in [6.45, 7) is 0. The highest BCUT2D eigenvalue weighted by atomic mass is 19.1. The van der Waals surface area contributed by atoms with Crippen LogP contribution in [0.5, 0.6) is 0 Å². The van der Waals surface area contributed by atoms with Gasteiger partial charge < -0.3 is 5.11 Å². The lowest BCUT2D eigenvalue weighted by Crippen LogP contribution is -2.29. The molecule has 4 nitrogen and oxygen atoms in total. The predicted octanol–water partition coefficient (Wildman–Crippen LogP) is 4.45. The molecule has 3 aromatic carbocycles. The average molecular weight is 373 g/mol. The number of hydrogen-bond donors (Lipinski definition) is 1. The number of carbonyl (C=O) groups excluding carboxylic acids is 2. The van der Waals surface area contributed by atoms with E-state index in [4.69, 9.17) is 0 Å². The van der Waals surface area contributed by atoms with Gasteiger partial charge in [0.05, 0.1) is 11.6 Å². The second-order valence-electron chi connectivity index (χ2n) is 6.39. The Balaban J connectivity index is 1.98. The number of aliphatic hydroxyl groups is 1. The van der Waals surface area contributed by atoms with Gasteiger partial charge in [-0.2, -0.15) is 0 Å². The van der Waals surface area contributed by atoms with Crippen molar-refractivity contribution in [1.29, 1.82) is 0 Å². The fourth-order valence-corrected chi connectivity index (χ4v) is 3.43. The van der Waals surface area contributed by atoms with Gasteiger partial charge in [-0.25, -0.2) is 4.39 Å². The molecule has 0 aromatic heterocycles. The van der Waals surface area contributed by atoms with E-state index < -0.39 is 23.5 Å². The molecule has 1 saturated heterocycles. The zero-order valence-corrected chi connectivity index (χ0v) is 14.7. The van der Waals surface area contributed by atoms with Gasteiger partial charge in [-0.15, -0.1) is 0 Å².